The third kappa shape index (κ3) is 6.52. The summed E-state index contributed by atoms with van der Waals surface area (Å²) in [5, 5.41) is 2.57. The van der Waals surface area contributed by atoms with Crippen molar-refractivity contribution in [2.24, 2.45) is 0 Å². The Morgan fingerprint density at radius 3 is 1.29 bits per heavy atom. The Morgan fingerprint density at radius 1 is 0.244 bits per heavy atom. The molecule has 2 aliphatic carbocycles. The third-order valence-corrected chi connectivity index (χ3v) is 18.3. The van der Waals surface area contributed by atoms with Gasteiger partial charge >= 0.3 is 0 Å². The van der Waals surface area contributed by atoms with Crippen molar-refractivity contribution >= 4 is 38.9 Å². The number of para-hydroxylation sites is 3. The number of hydrogen-bond acceptors (Lipinski definition) is 1. The topological polar surface area (TPSA) is 8.17 Å². The first kappa shape index (κ1) is 46.4. The molecule has 0 amide bonds. The van der Waals surface area contributed by atoms with Crippen molar-refractivity contribution in [1.82, 2.24) is 4.57 Å². The van der Waals surface area contributed by atoms with Crippen LogP contribution in [-0.2, 0) is 10.8 Å². The highest BCUT2D eigenvalue weighted by molar-refractivity contribution is 6.13. The van der Waals surface area contributed by atoms with E-state index in [1.807, 2.05) is 0 Å². The van der Waals surface area contributed by atoms with Crippen LogP contribution < -0.4 is 4.90 Å². The van der Waals surface area contributed by atoms with E-state index in [0.717, 1.165) is 17.1 Å². The Morgan fingerprint density at radius 2 is 0.659 bits per heavy atom. The van der Waals surface area contributed by atoms with Crippen LogP contribution in [0.4, 0.5) is 17.1 Å². The van der Waals surface area contributed by atoms with Gasteiger partial charge in [0.15, 0.2) is 0 Å². The minimum absolute atomic E-state index is 0.531. The highest BCUT2D eigenvalue weighted by atomic mass is 15.1. The first-order valence-electron chi connectivity index (χ1n) is 28.6. The molecule has 0 saturated carbocycles. The zero-order valence-corrected chi connectivity index (χ0v) is 44.9. The van der Waals surface area contributed by atoms with Crippen LogP contribution in [0.3, 0.4) is 0 Å². The molecule has 17 rings (SSSR count). The quantitative estimate of drug-likeness (QED) is 0.147. The lowest BCUT2D eigenvalue weighted by Gasteiger charge is -2.39. The SMILES string of the molecule is c1ccc(-c2ccc(-c3ccc(N(c4ccc(-c5ccc6c(c5)C5(c7ccccc7-6)c6ccccc6-n6c7ccccc7c7cccc5c76)cc4)c4ccc5c(c4)C(c4ccccc4)(c4ccccc4)c4ccccc4-5)cc3)cc2)cc1. The lowest BCUT2D eigenvalue weighted by molar-refractivity contribution is 0.749. The van der Waals surface area contributed by atoms with Gasteiger partial charge in [-0.3, -0.25) is 0 Å². The van der Waals surface area contributed by atoms with Crippen molar-refractivity contribution in [3.8, 4) is 61.3 Å². The summed E-state index contributed by atoms with van der Waals surface area (Å²) < 4.78 is 2.52. The predicted molar refractivity (Wildman–Crippen MR) is 340 cm³/mol. The van der Waals surface area contributed by atoms with Gasteiger partial charge in [0, 0.05) is 27.8 Å². The fourth-order valence-electron chi connectivity index (χ4n) is 14.9. The third-order valence-electron chi connectivity index (χ3n) is 18.3. The molecule has 0 fully saturated rings. The fourth-order valence-corrected chi connectivity index (χ4v) is 14.9. The molecule has 1 unspecified atom stereocenters. The Bertz CT molecular complexity index is 4780. The predicted octanol–water partition coefficient (Wildman–Crippen LogP) is 20.3. The van der Waals surface area contributed by atoms with E-state index in [2.05, 4.69) is 325 Å². The molecule has 2 nitrogen and oxygen atoms in total. The van der Waals surface area contributed by atoms with E-state index in [-0.39, 0.29) is 0 Å². The molecule has 3 aliphatic rings. The molecule has 0 saturated heterocycles. The lowest BCUT2D eigenvalue weighted by atomic mass is 9.65. The molecular weight excluding hydrogens is 989 g/mol. The summed E-state index contributed by atoms with van der Waals surface area (Å²) in [5.74, 6) is 0. The highest BCUT2D eigenvalue weighted by Gasteiger charge is 2.51. The van der Waals surface area contributed by atoms with Gasteiger partial charge in [0.25, 0.3) is 0 Å². The molecule has 13 aromatic carbocycles. The number of benzene rings is 13. The number of rotatable bonds is 8. The Labute approximate surface area is 477 Å². The number of fused-ring (bicyclic) bond motifs is 15. The monoisotopic (exact) mass is 1040 g/mol. The normalized spacial score (nSPS) is 14.7. The van der Waals surface area contributed by atoms with Crippen LogP contribution in [-0.4, -0.2) is 4.57 Å². The van der Waals surface area contributed by atoms with Crippen LogP contribution in [0.2, 0.25) is 0 Å². The van der Waals surface area contributed by atoms with Crippen molar-refractivity contribution in [2.45, 2.75) is 10.8 Å². The van der Waals surface area contributed by atoms with Gasteiger partial charge in [-0.1, -0.05) is 261 Å². The second-order valence-corrected chi connectivity index (χ2v) is 22.3. The molecule has 2 heterocycles. The van der Waals surface area contributed by atoms with Gasteiger partial charge in [-0.05, 0) is 155 Å². The van der Waals surface area contributed by atoms with Crippen LogP contribution in [0.15, 0.2) is 315 Å². The van der Waals surface area contributed by atoms with E-state index in [9.17, 15) is 0 Å². The number of hydrogen-bond donors (Lipinski definition) is 0. The van der Waals surface area contributed by atoms with Crippen LogP contribution in [0.25, 0.3) is 83.1 Å². The molecule has 14 aromatic rings. The standard InChI is InChI=1S/C80H52N2/c1-4-19-53(20-5-1)54-35-37-55(38-36-54)56-39-44-61(45-40-56)81(63-48-50-67-64-25-10-13-29-70(64)79(75(67)52-63,59-21-6-2-7-22-59)60-23-8-3-9-24-60)62-46-41-57(42-47-62)58-43-49-66-65-26-11-14-30-71(65)80(74(66)51-58)72-31-15-17-34-77(72)82-76-33-16-12-27-68(76)69-28-18-32-73(80)78(69)82/h1-52H. The molecule has 0 bridgehead atoms. The summed E-state index contributed by atoms with van der Waals surface area (Å²) in [5.41, 5.74) is 28.5. The second kappa shape index (κ2) is 18.0. The smallest absolute Gasteiger partial charge is 0.0754 e. The van der Waals surface area contributed by atoms with Gasteiger partial charge in [0.2, 0.25) is 0 Å². The van der Waals surface area contributed by atoms with E-state index in [0.29, 0.717) is 0 Å². The Kier molecular flexibility index (Phi) is 10.2. The maximum absolute atomic E-state index is 2.52. The first-order chi connectivity index (χ1) is 40.7. The summed E-state index contributed by atoms with van der Waals surface area (Å²) in [6, 6.07) is 118. The van der Waals surface area contributed by atoms with Gasteiger partial charge < -0.3 is 9.47 Å². The fraction of sp³-hybridized carbons (Fsp3) is 0.0250. The lowest BCUT2D eigenvalue weighted by Crippen LogP contribution is -2.33. The van der Waals surface area contributed by atoms with E-state index in [1.54, 1.807) is 0 Å². The van der Waals surface area contributed by atoms with E-state index >= 15 is 0 Å². The van der Waals surface area contributed by atoms with Crippen LogP contribution in [0, 0.1) is 0 Å². The Hall–Kier alpha value is -10.5. The summed E-state index contributed by atoms with van der Waals surface area (Å²) in [6.45, 7) is 0. The van der Waals surface area contributed by atoms with Gasteiger partial charge in [-0.2, -0.15) is 0 Å². The molecule has 1 spiro atoms. The van der Waals surface area contributed by atoms with Gasteiger partial charge in [0.1, 0.15) is 0 Å². The average Bonchev–Trinajstić information content (AvgIpc) is 1.56. The molecule has 1 atom stereocenters. The molecule has 1 aliphatic heterocycles. The zero-order valence-electron chi connectivity index (χ0n) is 44.9. The van der Waals surface area contributed by atoms with Crippen LogP contribution in [0.5, 0.6) is 0 Å². The minimum Gasteiger partial charge on any atom is -0.310 e. The summed E-state index contributed by atoms with van der Waals surface area (Å²) >= 11 is 0. The van der Waals surface area contributed by atoms with Crippen molar-refractivity contribution in [2.75, 3.05) is 4.90 Å². The van der Waals surface area contributed by atoms with Gasteiger partial charge in [0.05, 0.1) is 27.6 Å². The molecule has 0 N–H and O–H groups in total. The molecule has 1 aromatic heterocycles. The Balaban J connectivity index is 0.825. The second-order valence-electron chi connectivity index (χ2n) is 22.3. The molecule has 82 heavy (non-hydrogen) atoms. The van der Waals surface area contributed by atoms with Gasteiger partial charge in [-0.25, -0.2) is 0 Å². The highest BCUT2D eigenvalue weighted by Crippen LogP contribution is 2.62. The number of aromatic nitrogens is 1. The zero-order chi connectivity index (χ0) is 53.9. The summed E-state index contributed by atoms with van der Waals surface area (Å²) in [6.07, 6.45) is 0. The minimum atomic E-state index is -0.540. The van der Waals surface area contributed by atoms with Crippen LogP contribution >= 0.6 is 0 Å². The first-order valence-corrected chi connectivity index (χ1v) is 28.6. The average molecular weight is 1040 g/mol. The van der Waals surface area contributed by atoms with E-state index < -0.39 is 10.8 Å². The number of anilines is 3. The molecule has 2 heteroatoms. The maximum Gasteiger partial charge on any atom is 0.0754 e. The van der Waals surface area contributed by atoms with Crippen LogP contribution in [0.1, 0.15) is 44.5 Å². The maximum atomic E-state index is 2.52. The molecule has 0 radical (unpaired) electrons. The number of nitrogens with zero attached hydrogens (tertiary/aromatic N) is 2. The van der Waals surface area contributed by atoms with Crippen molar-refractivity contribution in [3.05, 3.63) is 360 Å². The molecule has 382 valence electrons. The van der Waals surface area contributed by atoms with Crippen molar-refractivity contribution < 1.29 is 0 Å². The van der Waals surface area contributed by atoms with Gasteiger partial charge in [-0.15, -0.1) is 0 Å². The molecular formula is C80H52N2. The largest absolute Gasteiger partial charge is 0.310 e. The van der Waals surface area contributed by atoms with E-state index in [4.69, 9.17) is 0 Å². The van der Waals surface area contributed by atoms with E-state index in [1.165, 1.54) is 128 Å². The summed E-state index contributed by atoms with van der Waals surface area (Å²) in [7, 11) is 0. The van der Waals surface area contributed by atoms with Crippen molar-refractivity contribution in [1.29, 1.82) is 0 Å². The van der Waals surface area contributed by atoms with Crippen molar-refractivity contribution in [3.63, 3.8) is 0 Å². The summed E-state index contributed by atoms with van der Waals surface area (Å²) in [4.78, 5) is 2.45.